The van der Waals surface area contributed by atoms with Gasteiger partial charge in [-0.1, -0.05) is 34.8 Å². The molecular weight excluding hydrogens is 252 g/mol. The van der Waals surface area contributed by atoms with E-state index in [4.69, 9.17) is 34.8 Å². The highest BCUT2D eigenvalue weighted by atomic mass is 35.6. The molecule has 0 aromatic heterocycles. The Labute approximate surface area is 97.0 Å². The molecule has 0 aromatic rings. The molecule has 1 amide bonds. The summed E-state index contributed by atoms with van der Waals surface area (Å²) in [5.74, 6) is 0. The summed E-state index contributed by atoms with van der Waals surface area (Å²) in [6.45, 7) is -0.0376. The standard InChI is InChI=1S/C7H10Cl3NO3/c1-11(3-2-4-12)6(13)14-5-7(8,9)10/h4H,2-3,5H2,1H3. The molecular formula is C7H10Cl3NO3. The van der Waals surface area contributed by atoms with E-state index in [1.165, 1.54) is 11.9 Å². The van der Waals surface area contributed by atoms with Crippen LogP contribution in [-0.2, 0) is 9.53 Å². The summed E-state index contributed by atoms with van der Waals surface area (Å²) in [4.78, 5) is 22.3. The van der Waals surface area contributed by atoms with Gasteiger partial charge in [0.05, 0.1) is 0 Å². The summed E-state index contributed by atoms with van der Waals surface area (Å²) >= 11 is 16.1. The number of amides is 1. The fourth-order valence-electron chi connectivity index (χ4n) is 0.591. The van der Waals surface area contributed by atoms with Crippen molar-refractivity contribution in [1.82, 2.24) is 4.90 Å². The smallest absolute Gasteiger partial charge is 0.409 e. The molecule has 0 radical (unpaired) electrons. The fraction of sp³-hybridized carbons (Fsp3) is 0.714. The number of ether oxygens (including phenoxy) is 1. The van der Waals surface area contributed by atoms with Crippen molar-refractivity contribution in [3.8, 4) is 0 Å². The van der Waals surface area contributed by atoms with E-state index >= 15 is 0 Å². The molecule has 0 saturated heterocycles. The molecule has 0 aliphatic carbocycles. The number of hydrogen-bond acceptors (Lipinski definition) is 3. The maximum atomic E-state index is 11.1. The fourth-order valence-corrected chi connectivity index (χ4v) is 0.755. The molecule has 7 heteroatoms. The van der Waals surface area contributed by atoms with Crippen molar-refractivity contribution < 1.29 is 14.3 Å². The van der Waals surface area contributed by atoms with E-state index in [0.717, 1.165) is 0 Å². The quantitative estimate of drug-likeness (QED) is 0.575. The number of rotatable bonds is 4. The highest BCUT2D eigenvalue weighted by Crippen LogP contribution is 2.26. The maximum Gasteiger partial charge on any atom is 0.409 e. The monoisotopic (exact) mass is 261 g/mol. The molecule has 82 valence electrons. The van der Waals surface area contributed by atoms with Crippen molar-refractivity contribution in [2.24, 2.45) is 0 Å². The second kappa shape index (κ2) is 6.32. The predicted molar refractivity (Wildman–Crippen MR) is 54.9 cm³/mol. The lowest BCUT2D eigenvalue weighted by Crippen LogP contribution is -2.31. The average molecular weight is 263 g/mol. The Kier molecular flexibility index (Phi) is 6.24. The first-order valence-electron chi connectivity index (χ1n) is 3.75. The number of hydrogen-bond donors (Lipinski definition) is 0. The van der Waals surface area contributed by atoms with Gasteiger partial charge in [0.1, 0.15) is 12.9 Å². The lowest BCUT2D eigenvalue weighted by molar-refractivity contribution is -0.108. The minimum atomic E-state index is -1.61. The zero-order valence-corrected chi connectivity index (χ0v) is 9.77. The van der Waals surface area contributed by atoms with Crippen LogP contribution in [0.5, 0.6) is 0 Å². The van der Waals surface area contributed by atoms with Crippen LogP contribution >= 0.6 is 34.8 Å². The molecule has 4 nitrogen and oxygen atoms in total. The number of alkyl halides is 3. The lowest BCUT2D eigenvalue weighted by atomic mass is 10.4. The van der Waals surface area contributed by atoms with E-state index in [0.29, 0.717) is 6.29 Å². The first kappa shape index (κ1) is 13.8. The van der Waals surface area contributed by atoms with E-state index in [9.17, 15) is 9.59 Å². The van der Waals surface area contributed by atoms with E-state index in [2.05, 4.69) is 4.74 Å². The van der Waals surface area contributed by atoms with Crippen molar-refractivity contribution in [2.45, 2.75) is 10.2 Å². The molecule has 0 bridgehead atoms. The van der Waals surface area contributed by atoms with Gasteiger partial charge in [0.2, 0.25) is 3.79 Å². The minimum absolute atomic E-state index is 0.249. The summed E-state index contributed by atoms with van der Waals surface area (Å²) in [5.41, 5.74) is 0. The third kappa shape index (κ3) is 7.24. The van der Waals surface area contributed by atoms with Crippen LogP contribution in [0.15, 0.2) is 0 Å². The van der Waals surface area contributed by atoms with Gasteiger partial charge in [-0.2, -0.15) is 0 Å². The van der Waals surface area contributed by atoms with Crippen LogP contribution in [0.2, 0.25) is 0 Å². The van der Waals surface area contributed by atoms with Gasteiger partial charge in [-0.25, -0.2) is 4.79 Å². The van der Waals surface area contributed by atoms with Gasteiger partial charge < -0.3 is 14.4 Å². The van der Waals surface area contributed by atoms with Crippen molar-refractivity contribution in [3.05, 3.63) is 0 Å². The van der Waals surface area contributed by atoms with Crippen LogP contribution < -0.4 is 0 Å². The average Bonchev–Trinajstić information content (AvgIpc) is 2.09. The van der Waals surface area contributed by atoms with Gasteiger partial charge in [-0.3, -0.25) is 0 Å². The topological polar surface area (TPSA) is 46.6 Å². The Bertz CT molecular complexity index is 205. The number of halogens is 3. The summed E-state index contributed by atoms with van der Waals surface area (Å²) in [5, 5.41) is 0. The Morgan fingerprint density at radius 2 is 2.07 bits per heavy atom. The van der Waals surface area contributed by atoms with Crippen LogP contribution in [0, 0.1) is 0 Å². The van der Waals surface area contributed by atoms with E-state index in [1.54, 1.807) is 0 Å². The summed E-state index contributed by atoms with van der Waals surface area (Å²) < 4.78 is 3.03. The number of carbonyl (C=O) groups excluding carboxylic acids is 2. The highest BCUT2D eigenvalue weighted by molar-refractivity contribution is 6.67. The maximum absolute atomic E-state index is 11.1. The molecule has 0 rings (SSSR count). The first-order valence-corrected chi connectivity index (χ1v) is 4.88. The largest absolute Gasteiger partial charge is 0.445 e. The third-order valence-corrected chi connectivity index (χ3v) is 1.58. The van der Waals surface area contributed by atoms with Gasteiger partial charge in [-0.15, -0.1) is 0 Å². The lowest BCUT2D eigenvalue weighted by Gasteiger charge is -2.17. The van der Waals surface area contributed by atoms with Crippen molar-refractivity contribution in [2.75, 3.05) is 20.2 Å². The summed E-state index contributed by atoms with van der Waals surface area (Å²) in [7, 11) is 1.49. The number of aldehydes is 1. The molecule has 0 atom stereocenters. The Morgan fingerprint density at radius 3 is 2.50 bits per heavy atom. The SMILES string of the molecule is CN(CCC=O)C(=O)OCC(Cl)(Cl)Cl. The van der Waals surface area contributed by atoms with Gasteiger partial charge in [0.15, 0.2) is 0 Å². The van der Waals surface area contributed by atoms with Crippen LogP contribution in [-0.4, -0.2) is 41.3 Å². The van der Waals surface area contributed by atoms with Crippen molar-refractivity contribution in [3.63, 3.8) is 0 Å². The third-order valence-electron chi connectivity index (χ3n) is 1.25. The zero-order valence-electron chi connectivity index (χ0n) is 7.50. The van der Waals surface area contributed by atoms with Crippen LogP contribution in [0.4, 0.5) is 4.79 Å². The molecule has 0 aliphatic rings. The molecule has 0 heterocycles. The molecule has 0 saturated carbocycles. The van der Waals surface area contributed by atoms with Gasteiger partial charge in [0.25, 0.3) is 0 Å². The molecule has 0 fully saturated rings. The van der Waals surface area contributed by atoms with Crippen LogP contribution in [0.1, 0.15) is 6.42 Å². The molecule has 0 N–H and O–H groups in total. The first-order chi connectivity index (χ1) is 6.37. The normalized spacial score (nSPS) is 10.9. The molecule has 0 aliphatic heterocycles. The Hall–Kier alpha value is -0.190. The van der Waals surface area contributed by atoms with E-state index in [1.807, 2.05) is 0 Å². The second-order valence-electron chi connectivity index (χ2n) is 2.55. The molecule has 0 aromatic carbocycles. The van der Waals surface area contributed by atoms with Crippen LogP contribution in [0.3, 0.4) is 0 Å². The summed E-state index contributed by atoms with van der Waals surface area (Å²) in [6, 6.07) is 0. The van der Waals surface area contributed by atoms with Crippen LogP contribution in [0.25, 0.3) is 0 Å². The number of nitrogens with zero attached hydrogens (tertiary/aromatic N) is 1. The summed E-state index contributed by atoms with van der Waals surface area (Å²) in [6.07, 6.45) is 0.330. The molecule has 0 unspecified atom stereocenters. The zero-order chi connectivity index (χ0) is 11.2. The molecule has 0 spiro atoms. The van der Waals surface area contributed by atoms with E-state index in [-0.39, 0.29) is 19.6 Å². The Morgan fingerprint density at radius 1 is 1.50 bits per heavy atom. The molecule has 14 heavy (non-hydrogen) atoms. The highest BCUT2D eigenvalue weighted by Gasteiger charge is 2.23. The predicted octanol–water partition coefficient (Wildman–Crippen LogP) is 2.01. The van der Waals surface area contributed by atoms with Crippen molar-refractivity contribution >= 4 is 47.2 Å². The number of carbonyl (C=O) groups is 2. The van der Waals surface area contributed by atoms with Gasteiger partial charge >= 0.3 is 6.09 Å². The van der Waals surface area contributed by atoms with Gasteiger partial charge in [0, 0.05) is 20.0 Å². The van der Waals surface area contributed by atoms with Crippen molar-refractivity contribution in [1.29, 1.82) is 0 Å². The Balaban J connectivity index is 3.78. The second-order valence-corrected chi connectivity index (χ2v) is 5.06. The van der Waals surface area contributed by atoms with Gasteiger partial charge in [-0.05, 0) is 0 Å². The van der Waals surface area contributed by atoms with E-state index < -0.39 is 9.89 Å². The minimum Gasteiger partial charge on any atom is -0.445 e.